The molecule has 5 nitrogen and oxygen atoms in total. The van der Waals surface area contributed by atoms with Crippen LogP contribution in [0, 0.1) is 0 Å². The average Bonchev–Trinajstić information content (AvgIpc) is 2.92. The summed E-state index contributed by atoms with van der Waals surface area (Å²) in [5.41, 5.74) is 7.78. The third-order valence-corrected chi connectivity index (χ3v) is 2.86. The van der Waals surface area contributed by atoms with Crippen LogP contribution in [0.15, 0.2) is 29.3 Å². The zero-order valence-corrected chi connectivity index (χ0v) is 10.3. The van der Waals surface area contributed by atoms with Crippen LogP contribution in [0.25, 0.3) is 0 Å². The third kappa shape index (κ3) is 2.87. The Morgan fingerprint density at radius 1 is 1.50 bits per heavy atom. The summed E-state index contributed by atoms with van der Waals surface area (Å²) in [6.45, 7) is 1.72. The molecule has 5 heteroatoms. The molecule has 1 aromatic rings. The van der Waals surface area contributed by atoms with E-state index in [0.29, 0.717) is 6.42 Å². The Morgan fingerprint density at radius 2 is 2.22 bits per heavy atom. The number of aliphatic imine (C=N–C) groups is 1. The molecule has 18 heavy (non-hydrogen) atoms. The second-order valence-electron chi connectivity index (χ2n) is 4.19. The summed E-state index contributed by atoms with van der Waals surface area (Å²) in [5, 5.41) is 3.21. The van der Waals surface area contributed by atoms with Gasteiger partial charge in [0.2, 0.25) is 0 Å². The molecule has 0 aliphatic carbocycles. The van der Waals surface area contributed by atoms with Crippen molar-refractivity contribution >= 4 is 11.8 Å². The molecule has 0 radical (unpaired) electrons. The van der Waals surface area contributed by atoms with Gasteiger partial charge in [0.05, 0.1) is 13.7 Å². The van der Waals surface area contributed by atoms with Crippen molar-refractivity contribution in [2.45, 2.75) is 12.5 Å². The quantitative estimate of drug-likeness (QED) is 0.739. The van der Waals surface area contributed by atoms with Crippen LogP contribution in [0.2, 0.25) is 0 Å². The molecule has 1 aliphatic heterocycles. The van der Waals surface area contributed by atoms with Gasteiger partial charge < -0.3 is 15.8 Å². The van der Waals surface area contributed by atoms with Gasteiger partial charge in [-0.2, -0.15) is 0 Å². The molecule has 0 saturated heterocycles. The van der Waals surface area contributed by atoms with Crippen LogP contribution in [0.4, 0.5) is 0 Å². The summed E-state index contributed by atoms with van der Waals surface area (Å²) in [7, 11) is 1.34. The van der Waals surface area contributed by atoms with Crippen molar-refractivity contribution in [2.24, 2.45) is 10.7 Å². The maximum atomic E-state index is 11.2. The SMILES string of the molecule is COC(=O)C(N)Cc1ccc(C2=NCCN2)cc1. The van der Waals surface area contributed by atoms with Gasteiger partial charge in [-0.05, 0) is 12.0 Å². The number of rotatable bonds is 4. The van der Waals surface area contributed by atoms with E-state index >= 15 is 0 Å². The number of carbonyl (C=O) groups excluding carboxylic acids is 1. The van der Waals surface area contributed by atoms with Gasteiger partial charge in [-0.1, -0.05) is 24.3 Å². The summed E-state index contributed by atoms with van der Waals surface area (Å²) in [6, 6.07) is 7.27. The summed E-state index contributed by atoms with van der Waals surface area (Å²) in [5.74, 6) is 0.541. The molecule has 0 amide bonds. The highest BCUT2D eigenvalue weighted by Crippen LogP contribution is 2.08. The van der Waals surface area contributed by atoms with Crippen molar-refractivity contribution in [1.82, 2.24) is 5.32 Å². The molecule has 0 aromatic heterocycles. The van der Waals surface area contributed by atoms with Gasteiger partial charge in [-0.3, -0.25) is 9.79 Å². The number of nitrogens with two attached hydrogens (primary N) is 1. The molecule has 3 N–H and O–H groups in total. The number of benzene rings is 1. The number of esters is 1. The van der Waals surface area contributed by atoms with E-state index in [-0.39, 0.29) is 5.97 Å². The first kappa shape index (κ1) is 12.6. The van der Waals surface area contributed by atoms with E-state index in [1.807, 2.05) is 24.3 Å². The van der Waals surface area contributed by atoms with Gasteiger partial charge in [0, 0.05) is 12.1 Å². The van der Waals surface area contributed by atoms with Crippen LogP contribution >= 0.6 is 0 Å². The number of methoxy groups -OCH3 is 1. The zero-order chi connectivity index (χ0) is 13.0. The number of carbonyl (C=O) groups is 1. The van der Waals surface area contributed by atoms with Gasteiger partial charge >= 0.3 is 5.97 Å². The Kier molecular flexibility index (Phi) is 3.94. The minimum atomic E-state index is -0.609. The maximum Gasteiger partial charge on any atom is 0.322 e. The zero-order valence-electron chi connectivity index (χ0n) is 10.3. The first-order chi connectivity index (χ1) is 8.70. The lowest BCUT2D eigenvalue weighted by Crippen LogP contribution is -2.33. The maximum absolute atomic E-state index is 11.2. The number of nitrogens with one attached hydrogen (secondary N) is 1. The highest BCUT2D eigenvalue weighted by molar-refractivity contribution is 5.99. The lowest BCUT2D eigenvalue weighted by atomic mass is 10.0. The molecule has 1 heterocycles. The fourth-order valence-electron chi connectivity index (χ4n) is 1.88. The highest BCUT2D eigenvalue weighted by Gasteiger charge is 2.14. The summed E-state index contributed by atoms with van der Waals surface area (Å²) in [6.07, 6.45) is 0.479. The Labute approximate surface area is 106 Å². The first-order valence-corrected chi connectivity index (χ1v) is 5.92. The minimum absolute atomic E-state index is 0.388. The summed E-state index contributed by atoms with van der Waals surface area (Å²) in [4.78, 5) is 15.6. The number of ether oxygens (including phenoxy) is 1. The van der Waals surface area contributed by atoms with Crippen molar-refractivity contribution in [3.63, 3.8) is 0 Å². The monoisotopic (exact) mass is 247 g/mol. The van der Waals surface area contributed by atoms with Crippen molar-refractivity contribution in [1.29, 1.82) is 0 Å². The smallest absolute Gasteiger partial charge is 0.322 e. The van der Waals surface area contributed by atoms with Crippen molar-refractivity contribution in [3.8, 4) is 0 Å². The standard InChI is InChI=1S/C13H17N3O2/c1-18-13(17)11(14)8-9-2-4-10(5-3-9)12-15-6-7-16-12/h2-5,11H,6-8,14H2,1H3,(H,15,16). The second kappa shape index (κ2) is 5.64. The van der Waals surface area contributed by atoms with E-state index in [4.69, 9.17) is 5.73 Å². The number of amidine groups is 1. The van der Waals surface area contributed by atoms with Gasteiger partial charge in [-0.15, -0.1) is 0 Å². The van der Waals surface area contributed by atoms with Crippen molar-refractivity contribution in [2.75, 3.05) is 20.2 Å². The molecule has 1 atom stereocenters. The lowest BCUT2D eigenvalue weighted by molar-refractivity contribution is -0.142. The molecule has 0 spiro atoms. The topological polar surface area (TPSA) is 76.7 Å². The molecule has 1 aliphatic rings. The Bertz CT molecular complexity index is 454. The first-order valence-electron chi connectivity index (χ1n) is 5.92. The Hall–Kier alpha value is -1.88. The molecule has 0 fully saturated rings. The lowest BCUT2D eigenvalue weighted by Gasteiger charge is -2.09. The summed E-state index contributed by atoms with van der Waals surface area (Å²) < 4.78 is 4.60. The van der Waals surface area contributed by atoms with Crippen LogP contribution in [-0.2, 0) is 16.0 Å². The third-order valence-electron chi connectivity index (χ3n) is 2.86. The molecule has 2 rings (SSSR count). The van der Waals surface area contributed by atoms with Gasteiger partial charge in [0.1, 0.15) is 11.9 Å². The van der Waals surface area contributed by atoms with Crippen LogP contribution in [0.1, 0.15) is 11.1 Å². The number of nitrogens with zero attached hydrogens (tertiary/aromatic N) is 1. The largest absolute Gasteiger partial charge is 0.468 e. The number of hydrogen-bond donors (Lipinski definition) is 2. The fraction of sp³-hybridized carbons (Fsp3) is 0.385. The molecular weight excluding hydrogens is 230 g/mol. The summed E-state index contributed by atoms with van der Waals surface area (Å²) >= 11 is 0. The van der Waals surface area contributed by atoms with Crippen molar-refractivity contribution < 1.29 is 9.53 Å². The van der Waals surface area contributed by atoms with Crippen molar-refractivity contribution in [3.05, 3.63) is 35.4 Å². The number of hydrogen-bond acceptors (Lipinski definition) is 5. The van der Waals surface area contributed by atoms with Gasteiger partial charge in [0.15, 0.2) is 0 Å². The van der Waals surface area contributed by atoms with Gasteiger partial charge in [0.25, 0.3) is 0 Å². The van der Waals surface area contributed by atoms with Crippen LogP contribution in [0.3, 0.4) is 0 Å². The highest BCUT2D eigenvalue weighted by atomic mass is 16.5. The molecular formula is C13H17N3O2. The molecule has 0 bridgehead atoms. The molecule has 1 aromatic carbocycles. The van der Waals surface area contributed by atoms with Crippen LogP contribution in [0.5, 0.6) is 0 Å². The Morgan fingerprint density at radius 3 is 2.78 bits per heavy atom. The predicted octanol–water partition coefficient (Wildman–Crippen LogP) is 0.0792. The van der Waals surface area contributed by atoms with E-state index < -0.39 is 6.04 Å². The van der Waals surface area contributed by atoms with Crippen LogP contribution < -0.4 is 11.1 Å². The fourth-order valence-corrected chi connectivity index (χ4v) is 1.88. The van der Waals surface area contributed by atoms with E-state index in [1.165, 1.54) is 7.11 Å². The Balaban J connectivity index is 2.01. The molecule has 0 saturated carbocycles. The molecule has 96 valence electrons. The second-order valence-corrected chi connectivity index (χ2v) is 4.19. The predicted molar refractivity (Wildman–Crippen MR) is 69.5 cm³/mol. The minimum Gasteiger partial charge on any atom is -0.468 e. The van der Waals surface area contributed by atoms with E-state index in [1.54, 1.807) is 0 Å². The van der Waals surface area contributed by atoms with Crippen LogP contribution in [-0.4, -0.2) is 38.0 Å². The molecule has 1 unspecified atom stereocenters. The average molecular weight is 247 g/mol. The normalized spacial score (nSPS) is 15.8. The van der Waals surface area contributed by atoms with Gasteiger partial charge in [-0.25, -0.2) is 0 Å². The van der Waals surface area contributed by atoms with E-state index in [9.17, 15) is 4.79 Å². The van der Waals surface area contributed by atoms with E-state index in [2.05, 4.69) is 15.0 Å². The van der Waals surface area contributed by atoms with E-state index in [0.717, 1.165) is 30.1 Å².